The van der Waals surface area contributed by atoms with E-state index in [0.717, 1.165) is 37.8 Å². The van der Waals surface area contributed by atoms with Crippen molar-refractivity contribution in [3.8, 4) is 0 Å². The van der Waals surface area contributed by atoms with Crippen LogP contribution in [0.25, 0.3) is 0 Å². The second kappa shape index (κ2) is 7.89. The van der Waals surface area contributed by atoms with E-state index in [2.05, 4.69) is 10.2 Å². The standard InChI is InChI=1S/C20H32N4O3/c21-9-12-27-18-13-17(25)20(18)7-10-24(11-8-20)19(26)6-5-16-14-3-1-2-4-15(14)22-23-16/h17-18,25H,1-13,21H2,(H,22,23)/t17-,18+/m1/s1. The van der Waals surface area contributed by atoms with Crippen molar-refractivity contribution in [2.45, 2.75) is 70.0 Å². The quantitative estimate of drug-likeness (QED) is 0.685. The van der Waals surface area contributed by atoms with E-state index >= 15 is 0 Å². The minimum Gasteiger partial charge on any atom is -0.392 e. The molecule has 1 spiro atoms. The summed E-state index contributed by atoms with van der Waals surface area (Å²) in [4.78, 5) is 14.6. The molecule has 7 nitrogen and oxygen atoms in total. The fraction of sp³-hybridized carbons (Fsp3) is 0.800. The first kappa shape index (κ1) is 18.9. The van der Waals surface area contributed by atoms with Gasteiger partial charge in [0, 0.05) is 50.0 Å². The van der Waals surface area contributed by atoms with E-state index in [4.69, 9.17) is 10.5 Å². The average Bonchev–Trinajstić information content (AvgIpc) is 3.12. The van der Waals surface area contributed by atoms with Gasteiger partial charge in [-0.2, -0.15) is 5.10 Å². The van der Waals surface area contributed by atoms with Crippen molar-refractivity contribution in [1.82, 2.24) is 15.1 Å². The SMILES string of the molecule is NCCO[C@H]1C[C@@H](O)C12CCN(C(=O)CCc1n[nH]c3c1CCCC3)CC2. The first-order chi connectivity index (χ1) is 13.1. The number of nitrogens with zero attached hydrogens (tertiary/aromatic N) is 2. The zero-order chi connectivity index (χ0) is 18.9. The van der Waals surface area contributed by atoms with Gasteiger partial charge >= 0.3 is 0 Å². The van der Waals surface area contributed by atoms with Crippen molar-refractivity contribution >= 4 is 5.91 Å². The molecule has 0 bridgehead atoms. The number of aliphatic hydroxyl groups is 1. The number of aliphatic hydroxyl groups excluding tert-OH is 1. The Morgan fingerprint density at radius 1 is 1.33 bits per heavy atom. The van der Waals surface area contributed by atoms with Crippen LogP contribution in [0.4, 0.5) is 0 Å². The van der Waals surface area contributed by atoms with Crippen molar-refractivity contribution in [3.05, 3.63) is 17.0 Å². The molecule has 2 fully saturated rings. The molecule has 2 atom stereocenters. The smallest absolute Gasteiger partial charge is 0.222 e. The van der Waals surface area contributed by atoms with Gasteiger partial charge in [0.1, 0.15) is 0 Å². The molecule has 3 aliphatic rings. The summed E-state index contributed by atoms with van der Waals surface area (Å²) in [5, 5.41) is 17.9. The molecule has 7 heteroatoms. The fourth-order valence-electron chi connectivity index (χ4n) is 5.14. The predicted octanol–water partition coefficient (Wildman–Crippen LogP) is 0.938. The molecule has 2 heterocycles. The third-order valence-electron chi connectivity index (χ3n) is 6.94. The predicted molar refractivity (Wildman–Crippen MR) is 101 cm³/mol. The van der Waals surface area contributed by atoms with Gasteiger partial charge in [0.25, 0.3) is 0 Å². The molecule has 1 aromatic heterocycles. The summed E-state index contributed by atoms with van der Waals surface area (Å²) in [6.45, 7) is 2.45. The maximum absolute atomic E-state index is 12.7. The number of nitrogens with one attached hydrogen (secondary N) is 1. The molecule has 0 aromatic carbocycles. The van der Waals surface area contributed by atoms with Gasteiger partial charge in [0.15, 0.2) is 0 Å². The van der Waals surface area contributed by atoms with Gasteiger partial charge in [-0.25, -0.2) is 0 Å². The number of ether oxygens (including phenoxy) is 1. The highest BCUT2D eigenvalue weighted by Crippen LogP contribution is 2.51. The van der Waals surface area contributed by atoms with E-state index in [-0.39, 0.29) is 23.5 Å². The van der Waals surface area contributed by atoms with E-state index in [0.29, 0.717) is 39.1 Å². The van der Waals surface area contributed by atoms with E-state index in [1.165, 1.54) is 24.1 Å². The van der Waals surface area contributed by atoms with Gasteiger partial charge in [0.05, 0.1) is 24.5 Å². The van der Waals surface area contributed by atoms with Crippen molar-refractivity contribution in [1.29, 1.82) is 0 Å². The summed E-state index contributed by atoms with van der Waals surface area (Å²) in [6.07, 6.45) is 7.94. The highest BCUT2D eigenvalue weighted by atomic mass is 16.5. The first-order valence-corrected chi connectivity index (χ1v) is 10.5. The number of amides is 1. The topological polar surface area (TPSA) is 104 Å². The summed E-state index contributed by atoms with van der Waals surface area (Å²) in [5.74, 6) is 0.200. The molecule has 27 heavy (non-hydrogen) atoms. The number of carbonyl (C=O) groups excluding carboxylic acids is 1. The van der Waals surface area contributed by atoms with E-state index < -0.39 is 0 Å². The van der Waals surface area contributed by atoms with Crippen LogP contribution in [0.1, 0.15) is 55.5 Å². The Bertz CT molecular complexity index is 666. The molecule has 0 radical (unpaired) electrons. The Morgan fingerprint density at radius 3 is 2.85 bits per heavy atom. The summed E-state index contributed by atoms with van der Waals surface area (Å²) in [5.41, 5.74) is 9.07. The Labute approximate surface area is 160 Å². The Balaban J connectivity index is 1.28. The lowest BCUT2D eigenvalue weighted by atomic mass is 9.58. The zero-order valence-corrected chi connectivity index (χ0v) is 16.1. The molecule has 1 amide bonds. The highest BCUT2D eigenvalue weighted by molar-refractivity contribution is 5.76. The zero-order valence-electron chi connectivity index (χ0n) is 16.1. The number of aromatic amines is 1. The number of fused-ring (bicyclic) bond motifs is 1. The lowest BCUT2D eigenvalue weighted by molar-refractivity contribution is -0.210. The minimum atomic E-state index is -0.312. The molecular formula is C20H32N4O3. The second-order valence-corrected chi connectivity index (χ2v) is 8.35. The molecule has 4 N–H and O–H groups in total. The monoisotopic (exact) mass is 376 g/mol. The Morgan fingerprint density at radius 2 is 2.11 bits per heavy atom. The van der Waals surface area contributed by atoms with Crippen molar-refractivity contribution < 1.29 is 14.6 Å². The first-order valence-electron chi connectivity index (χ1n) is 10.5. The normalized spacial score (nSPS) is 26.7. The van der Waals surface area contributed by atoms with Gasteiger partial charge in [-0.15, -0.1) is 0 Å². The van der Waals surface area contributed by atoms with Crippen LogP contribution in [0, 0.1) is 5.41 Å². The summed E-state index contributed by atoms with van der Waals surface area (Å²) in [6, 6.07) is 0. The maximum atomic E-state index is 12.7. The average molecular weight is 377 g/mol. The summed E-state index contributed by atoms with van der Waals surface area (Å²) < 4.78 is 5.84. The van der Waals surface area contributed by atoms with Crippen LogP contribution in [0.2, 0.25) is 0 Å². The third kappa shape index (κ3) is 3.52. The van der Waals surface area contributed by atoms with E-state index in [1.807, 2.05) is 4.90 Å². The number of aromatic nitrogens is 2. The van der Waals surface area contributed by atoms with Gasteiger partial charge < -0.3 is 20.5 Å². The van der Waals surface area contributed by atoms with Crippen LogP contribution < -0.4 is 5.73 Å². The number of rotatable bonds is 6. The van der Waals surface area contributed by atoms with Crippen LogP contribution in [-0.4, -0.2) is 64.6 Å². The van der Waals surface area contributed by atoms with Crippen LogP contribution in [0.5, 0.6) is 0 Å². The molecule has 1 aliphatic heterocycles. The minimum absolute atomic E-state index is 0.0869. The van der Waals surface area contributed by atoms with Gasteiger partial charge in [-0.3, -0.25) is 9.89 Å². The summed E-state index contributed by atoms with van der Waals surface area (Å²) >= 11 is 0. The van der Waals surface area contributed by atoms with Crippen molar-refractivity contribution in [3.63, 3.8) is 0 Å². The molecule has 2 aliphatic carbocycles. The molecule has 1 saturated carbocycles. The van der Waals surface area contributed by atoms with Gasteiger partial charge in [-0.05, 0) is 44.1 Å². The van der Waals surface area contributed by atoms with Crippen LogP contribution in [0.3, 0.4) is 0 Å². The third-order valence-corrected chi connectivity index (χ3v) is 6.94. The van der Waals surface area contributed by atoms with Crippen LogP contribution in [-0.2, 0) is 28.8 Å². The number of piperidine rings is 1. The van der Waals surface area contributed by atoms with Gasteiger partial charge in [-0.1, -0.05) is 0 Å². The molecule has 150 valence electrons. The number of aryl methyl sites for hydroxylation is 2. The lowest BCUT2D eigenvalue weighted by Gasteiger charge is -2.56. The molecule has 0 unspecified atom stereocenters. The largest absolute Gasteiger partial charge is 0.392 e. The summed E-state index contributed by atoms with van der Waals surface area (Å²) in [7, 11) is 0. The number of hydrogen-bond donors (Lipinski definition) is 3. The number of carbonyl (C=O) groups is 1. The number of nitrogens with two attached hydrogens (primary N) is 1. The molecule has 4 rings (SSSR count). The number of hydrogen-bond acceptors (Lipinski definition) is 5. The van der Waals surface area contributed by atoms with Crippen molar-refractivity contribution in [2.75, 3.05) is 26.2 Å². The van der Waals surface area contributed by atoms with Gasteiger partial charge in [0.2, 0.25) is 5.91 Å². The Hall–Kier alpha value is -1.44. The van der Waals surface area contributed by atoms with Crippen LogP contribution in [0.15, 0.2) is 0 Å². The number of H-pyrrole nitrogens is 1. The second-order valence-electron chi connectivity index (χ2n) is 8.35. The maximum Gasteiger partial charge on any atom is 0.222 e. The van der Waals surface area contributed by atoms with E-state index in [9.17, 15) is 9.90 Å². The van der Waals surface area contributed by atoms with E-state index in [1.54, 1.807) is 0 Å². The Kier molecular flexibility index (Phi) is 5.53. The highest BCUT2D eigenvalue weighted by Gasteiger charge is 2.56. The van der Waals surface area contributed by atoms with Crippen LogP contribution >= 0.6 is 0 Å². The molecule has 1 aromatic rings. The molecule has 1 saturated heterocycles. The molecular weight excluding hydrogens is 344 g/mol. The fourth-order valence-corrected chi connectivity index (χ4v) is 5.14. The number of likely N-dealkylation sites (tertiary alicyclic amines) is 1. The van der Waals surface area contributed by atoms with Crippen molar-refractivity contribution in [2.24, 2.45) is 11.1 Å². The lowest BCUT2D eigenvalue weighted by Crippen LogP contribution is -2.62.